The summed E-state index contributed by atoms with van der Waals surface area (Å²) in [5, 5.41) is 34.7. The summed E-state index contributed by atoms with van der Waals surface area (Å²) in [6.07, 6.45) is -6.46. The van der Waals surface area contributed by atoms with Gasteiger partial charge in [-0.15, -0.1) is 20.4 Å². The van der Waals surface area contributed by atoms with Crippen LogP contribution in [-0.2, 0) is 34.8 Å². The van der Waals surface area contributed by atoms with Crippen LogP contribution in [0.3, 0.4) is 0 Å². The van der Waals surface area contributed by atoms with Gasteiger partial charge in [0.15, 0.2) is 11.6 Å². The van der Waals surface area contributed by atoms with Crippen molar-refractivity contribution < 1.29 is 50.5 Å². The van der Waals surface area contributed by atoms with Crippen molar-refractivity contribution in [3.05, 3.63) is 83.0 Å². The van der Waals surface area contributed by atoms with Crippen LogP contribution in [0, 0.1) is 0 Å². The molecule has 6 heterocycles. The van der Waals surface area contributed by atoms with Crippen molar-refractivity contribution in [2.45, 2.75) is 94.2 Å². The number of fused-ring (bicyclic) bond motifs is 2. The molecule has 17 nitrogen and oxygen atoms in total. The van der Waals surface area contributed by atoms with Crippen molar-refractivity contribution in [1.29, 1.82) is 0 Å². The van der Waals surface area contributed by atoms with Crippen LogP contribution in [0.4, 0.5) is 26.3 Å². The molecule has 23 heteroatoms. The molecule has 4 aliphatic heterocycles. The number of amides is 2. The molecule has 0 radical (unpaired) electrons. The van der Waals surface area contributed by atoms with Gasteiger partial charge in [0.1, 0.15) is 23.2 Å². The van der Waals surface area contributed by atoms with E-state index in [1.54, 1.807) is 24.3 Å². The normalized spacial score (nSPS) is 18.6. The third-order valence-corrected chi connectivity index (χ3v) is 12.5. The van der Waals surface area contributed by atoms with Gasteiger partial charge in [-0.1, -0.05) is 24.3 Å². The van der Waals surface area contributed by atoms with Crippen LogP contribution in [0.1, 0.15) is 91.7 Å². The third kappa shape index (κ3) is 9.66. The molecular weight excluding hydrogens is 879 g/mol. The zero-order chi connectivity index (χ0) is 47.0. The molecule has 2 fully saturated rings. The Morgan fingerprint density at radius 3 is 1.56 bits per heavy atom. The number of nitrogens with zero attached hydrogens (tertiary/aromatic N) is 11. The number of halogens is 6. The van der Waals surface area contributed by atoms with Gasteiger partial charge in [-0.25, -0.2) is 0 Å². The maximum atomic E-state index is 13.9. The van der Waals surface area contributed by atoms with E-state index in [2.05, 4.69) is 35.9 Å². The van der Waals surface area contributed by atoms with Gasteiger partial charge in [0.05, 0.1) is 6.61 Å². The number of carbonyl (C=O) groups excluding carboxylic acids is 2. The first-order valence-corrected chi connectivity index (χ1v) is 21.8. The second-order valence-corrected chi connectivity index (χ2v) is 17.1. The number of aliphatic hydroxyl groups is 1. The van der Waals surface area contributed by atoms with E-state index in [4.69, 9.17) is 9.47 Å². The van der Waals surface area contributed by atoms with Crippen molar-refractivity contribution in [3.8, 4) is 11.5 Å². The topological polar surface area (TPSA) is 181 Å². The van der Waals surface area contributed by atoms with Crippen molar-refractivity contribution in [3.63, 3.8) is 0 Å². The van der Waals surface area contributed by atoms with Crippen LogP contribution in [0.2, 0.25) is 0 Å². The first-order valence-electron chi connectivity index (χ1n) is 21.8. The van der Waals surface area contributed by atoms with Crippen LogP contribution in [0.5, 0.6) is 11.5 Å². The first-order chi connectivity index (χ1) is 31.4. The number of hydrogen-bond donors (Lipinski definition) is 2. The highest BCUT2D eigenvalue weighted by atomic mass is 19.4. The number of aromatic nitrogens is 6. The summed E-state index contributed by atoms with van der Waals surface area (Å²) < 4.78 is 95.3. The standard InChI is InChI=1S/C43H50F6N12O5/c1-41(40(64)50-20-25-62,66-31-10-6-27(7-11-31)29-18-23-59(24-19-29)35-15-13-33-52-54-39(43(47,48)49)61(33)56-35)36(37(63)57(2)3)65-30-8-4-26(5-9-30)28-16-21-58(22-17-28)34-14-12-32-51-53-38(42(44,45)46)60(32)55-34/h4-11,28-29,36,62H,12-25H2,1-3H3,(H,50,64). The van der Waals surface area contributed by atoms with E-state index >= 15 is 0 Å². The van der Waals surface area contributed by atoms with E-state index < -0.39 is 47.5 Å². The highest BCUT2D eigenvalue weighted by Crippen LogP contribution is 2.36. The largest absolute Gasteiger partial charge is 0.476 e. The number of benzene rings is 2. The van der Waals surface area contributed by atoms with E-state index in [0.29, 0.717) is 95.0 Å². The molecule has 354 valence electrons. The van der Waals surface area contributed by atoms with E-state index in [1.807, 2.05) is 34.1 Å². The second-order valence-electron chi connectivity index (χ2n) is 17.1. The lowest BCUT2D eigenvalue weighted by Crippen LogP contribution is -2.63. The summed E-state index contributed by atoms with van der Waals surface area (Å²) in [7, 11) is 3.07. The summed E-state index contributed by atoms with van der Waals surface area (Å²) in [4.78, 5) is 33.2. The fourth-order valence-electron chi connectivity index (χ4n) is 8.87. The van der Waals surface area contributed by atoms with Crippen LogP contribution in [0.15, 0.2) is 58.7 Å². The summed E-state index contributed by atoms with van der Waals surface area (Å²) in [6, 6.07) is 14.4. The molecule has 8 rings (SSSR count). The zero-order valence-electron chi connectivity index (χ0n) is 36.5. The lowest BCUT2D eigenvalue weighted by molar-refractivity contribution is -0.157. The molecule has 2 amide bonds. The number of likely N-dealkylation sites (tertiary alicyclic amines) is 2. The predicted octanol–water partition coefficient (Wildman–Crippen LogP) is 4.66. The van der Waals surface area contributed by atoms with Gasteiger partial charge in [0, 0.05) is 72.5 Å². The Labute approximate surface area is 375 Å². The molecule has 2 unspecified atom stereocenters. The number of hydrogen-bond acceptors (Lipinski definition) is 13. The second kappa shape index (κ2) is 18.6. The number of ether oxygens (including phenoxy) is 2. The number of carbonyl (C=O) groups is 2. The average Bonchev–Trinajstić information content (AvgIpc) is 3.95. The summed E-state index contributed by atoms with van der Waals surface area (Å²) in [6.45, 7) is 3.31. The zero-order valence-corrected chi connectivity index (χ0v) is 36.5. The minimum atomic E-state index is -4.67. The van der Waals surface area contributed by atoms with Gasteiger partial charge < -0.3 is 34.6 Å². The van der Waals surface area contributed by atoms with Gasteiger partial charge in [-0.05, 0) is 79.8 Å². The van der Waals surface area contributed by atoms with Crippen LogP contribution < -0.4 is 14.8 Å². The number of alkyl halides is 6. The van der Waals surface area contributed by atoms with Crippen molar-refractivity contribution in [1.82, 2.24) is 49.8 Å². The molecule has 66 heavy (non-hydrogen) atoms. The number of amidine groups is 2. The SMILES string of the molecule is CN(C)C(=O)C(Oc1ccc(C2CCN(C3=Nn4c(nnc4C(F)(F)F)CC3)CC2)cc1)C(C)(Oc1ccc(C2CCN(C3=Nn4c(nnc4C(F)(F)F)CC3)CC2)cc1)C(=O)NCCO. The third-order valence-electron chi connectivity index (χ3n) is 12.5. The molecule has 4 aromatic rings. The number of aliphatic hydroxyl groups excluding tert-OH is 1. The average molecular weight is 929 g/mol. The minimum absolute atomic E-state index is 0.105. The molecule has 2 saturated heterocycles. The summed E-state index contributed by atoms with van der Waals surface area (Å²) >= 11 is 0. The van der Waals surface area contributed by atoms with E-state index in [0.717, 1.165) is 20.5 Å². The Morgan fingerprint density at radius 2 is 1.15 bits per heavy atom. The van der Waals surface area contributed by atoms with Gasteiger partial charge >= 0.3 is 12.4 Å². The van der Waals surface area contributed by atoms with E-state index in [9.17, 15) is 41.0 Å². The van der Waals surface area contributed by atoms with Gasteiger partial charge in [0.25, 0.3) is 23.5 Å². The van der Waals surface area contributed by atoms with Crippen LogP contribution >= 0.6 is 0 Å². The Hall–Kier alpha value is -6.26. The monoisotopic (exact) mass is 928 g/mol. The van der Waals surface area contributed by atoms with Crippen LogP contribution in [-0.4, -0.2) is 138 Å². The van der Waals surface area contributed by atoms with Gasteiger partial charge in [-0.3, -0.25) is 9.59 Å². The Bertz CT molecular complexity index is 2440. The molecule has 0 spiro atoms. The molecule has 0 saturated carbocycles. The molecule has 2 aromatic carbocycles. The maximum absolute atomic E-state index is 13.9. The van der Waals surface area contributed by atoms with Crippen molar-refractivity contribution in [2.24, 2.45) is 10.2 Å². The predicted molar refractivity (Wildman–Crippen MR) is 225 cm³/mol. The lowest BCUT2D eigenvalue weighted by atomic mass is 9.89. The number of rotatable bonds is 11. The van der Waals surface area contributed by atoms with Gasteiger partial charge in [-0.2, -0.15) is 45.9 Å². The molecule has 4 aliphatic rings. The Balaban J connectivity index is 0.924. The van der Waals surface area contributed by atoms with Crippen molar-refractivity contribution >= 4 is 23.5 Å². The smallest absolute Gasteiger partial charge is 0.453 e. The molecule has 2 aromatic heterocycles. The molecule has 0 bridgehead atoms. The first kappa shape index (κ1) is 46.3. The maximum Gasteiger partial charge on any atom is 0.453 e. The number of nitrogens with one attached hydrogen (secondary N) is 1. The lowest BCUT2D eigenvalue weighted by Gasteiger charge is -2.37. The fourth-order valence-corrected chi connectivity index (χ4v) is 8.87. The van der Waals surface area contributed by atoms with Crippen LogP contribution in [0.25, 0.3) is 0 Å². The summed E-state index contributed by atoms with van der Waals surface area (Å²) in [5.41, 5.74) is 0.0554. The Kier molecular flexibility index (Phi) is 13.0. The highest BCUT2D eigenvalue weighted by Gasteiger charge is 2.51. The number of aryl methyl sites for hydroxylation is 2. The molecular formula is C43H50F6N12O5. The van der Waals surface area contributed by atoms with Gasteiger partial charge in [0.2, 0.25) is 11.7 Å². The number of likely N-dealkylation sites (N-methyl/N-ethyl adjacent to an activating group) is 1. The fraction of sp³-hybridized carbons (Fsp3) is 0.535. The van der Waals surface area contributed by atoms with Crippen molar-refractivity contribution in [2.75, 3.05) is 53.4 Å². The molecule has 2 atom stereocenters. The van der Waals surface area contributed by atoms with E-state index in [-0.39, 0.29) is 42.4 Å². The highest BCUT2D eigenvalue weighted by molar-refractivity contribution is 5.94. The number of piperidine rings is 2. The summed E-state index contributed by atoms with van der Waals surface area (Å²) in [5.74, 6) is -1.22. The molecule has 2 N–H and O–H groups in total. The van der Waals surface area contributed by atoms with E-state index in [1.165, 1.54) is 25.9 Å². The molecule has 0 aliphatic carbocycles. The quantitative estimate of drug-likeness (QED) is 0.200. The minimum Gasteiger partial charge on any atom is -0.476 e. The Morgan fingerprint density at radius 1 is 0.712 bits per heavy atom.